The van der Waals surface area contributed by atoms with Crippen molar-refractivity contribution >= 4 is 28.9 Å². The van der Waals surface area contributed by atoms with Gasteiger partial charge in [0.25, 0.3) is 0 Å². The molecule has 0 saturated heterocycles. The van der Waals surface area contributed by atoms with Crippen LogP contribution in [0.5, 0.6) is 5.88 Å². The Morgan fingerprint density at radius 2 is 2.19 bits per heavy atom. The number of ether oxygens (including phenoxy) is 1. The molecule has 0 amide bonds. The van der Waals surface area contributed by atoms with Crippen LogP contribution in [0.3, 0.4) is 0 Å². The van der Waals surface area contributed by atoms with Crippen molar-refractivity contribution in [3.05, 3.63) is 45.2 Å². The number of nitrogens with zero attached hydrogens (tertiary/aromatic N) is 2. The summed E-state index contributed by atoms with van der Waals surface area (Å²) >= 11 is 7.29. The molecule has 0 fully saturated rings. The molecule has 3 N–H and O–H groups in total. The van der Waals surface area contributed by atoms with Gasteiger partial charge in [-0.05, 0) is 31.5 Å². The lowest BCUT2D eigenvalue weighted by atomic mass is 10.3. The van der Waals surface area contributed by atoms with Gasteiger partial charge in [0.1, 0.15) is 6.10 Å². The summed E-state index contributed by atoms with van der Waals surface area (Å²) in [6.07, 6.45) is 2.00. The van der Waals surface area contributed by atoms with Crippen LogP contribution in [0.15, 0.2) is 35.5 Å². The molecule has 1 atom stereocenters. The maximum atomic E-state index is 10.3. The number of hydrogen-bond acceptors (Lipinski definition) is 5. The summed E-state index contributed by atoms with van der Waals surface area (Å²) in [6.45, 7) is 6.17. The zero-order valence-corrected chi connectivity index (χ0v) is 16.6. The average molecular weight is 397 g/mol. The quantitative estimate of drug-likeness (QED) is 0.447. The summed E-state index contributed by atoms with van der Waals surface area (Å²) in [4.78, 5) is 9.66. The minimum Gasteiger partial charge on any atom is -0.477 e. The van der Waals surface area contributed by atoms with Gasteiger partial charge in [0.15, 0.2) is 5.96 Å². The van der Waals surface area contributed by atoms with Crippen molar-refractivity contribution in [2.45, 2.75) is 32.9 Å². The van der Waals surface area contributed by atoms with Crippen molar-refractivity contribution in [3.63, 3.8) is 0 Å². The second kappa shape index (κ2) is 11.0. The fourth-order valence-corrected chi connectivity index (χ4v) is 3.23. The maximum absolute atomic E-state index is 10.3. The molecule has 142 valence electrons. The van der Waals surface area contributed by atoms with Gasteiger partial charge in [0.2, 0.25) is 5.88 Å². The van der Waals surface area contributed by atoms with Crippen LogP contribution in [0.4, 0.5) is 0 Å². The van der Waals surface area contributed by atoms with E-state index in [-0.39, 0.29) is 0 Å². The largest absolute Gasteiger partial charge is 0.477 e. The van der Waals surface area contributed by atoms with Gasteiger partial charge in [-0.25, -0.2) is 9.98 Å². The molecule has 1 unspecified atom stereocenters. The van der Waals surface area contributed by atoms with E-state index in [1.54, 1.807) is 12.3 Å². The SMILES string of the molecule is CCCOc1ncccc1CN=C(NCC)NCC(O)c1ccc(Cl)s1. The molecule has 2 aromatic rings. The first kappa shape index (κ1) is 20.5. The third-order valence-corrected chi connectivity index (χ3v) is 4.76. The molecular weight excluding hydrogens is 372 g/mol. The molecule has 0 bridgehead atoms. The predicted octanol–water partition coefficient (Wildman–Crippen LogP) is 3.37. The third kappa shape index (κ3) is 6.48. The fraction of sp³-hybridized carbons (Fsp3) is 0.444. The Labute approximate surface area is 163 Å². The van der Waals surface area contributed by atoms with E-state index in [1.165, 1.54) is 11.3 Å². The molecule has 0 radical (unpaired) electrons. The van der Waals surface area contributed by atoms with E-state index in [9.17, 15) is 5.11 Å². The van der Waals surface area contributed by atoms with Gasteiger partial charge in [0.05, 0.1) is 17.5 Å². The molecule has 2 rings (SSSR count). The van der Waals surface area contributed by atoms with Crippen LogP contribution in [0.1, 0.15) is 36.8 Å². The Hall–Kier alpha value is -1.83. The Bertz CT molecular complexity index is 708. The van der Waals surface area contributed by atoms with Crippen LogP contribution in [0.25, 0.3) is 0 Å². The van der Waals surface area contributed by atoms with Crippen molar-refractivity contribution in [1.82, 2.24) is 15.6 Å². The highest BCUT2D eigenvalue weighted by Gasteiger charge is 2.11. The van der Waals surface area contributed by atoms with Crippen LogP contribution in [0, 0.1) is 0 Å². The van der Waals surface area contributed by atoms with E-state index in [0.29, 0.717) is 35.9 Å². The van der Waals surface area contributed by atoms with E-state index in [1.807, 2.05) is 25.1 Å². The predicted molar refractivity (Wildman–Crippen MR) is 107 cm³/mol. The van der Waals surface area contributed by atoms with Gasteiger partial charge in [-0.3, -0.25) is 0 Å². The normalized spacial score (nSPS) is 12.7. The van der Waals surface area contributed by atoms with E-state index in [4.69, 9.17) is 16.3 Å². The number of pyridine rings is 1. The number of thiophene rings is 1. The number of rotatable bonds is 9. The first-order chi connectivity index (χ1) is 12.6. The molecule has 0 saturated carbocycles. The number of aliphatic imine (C=N–C) groups is 1. The number of aliphatic hydroxyl groups is 1. The molecule has 6 nitrogen and oxygen atoms in total. The summed E-state index contributed by atoms with van der Waals surface area (Å²) in [5, 5.41) is 16.6. The van der Waals surface area contributed by atoms with Crippen LogP contribution in [0.2, 0.25) is 4.34 Å². The fourth-order valence-electron chi connectivity index (χ4n) is 2.18. The van der Waals surface area contributed by atoms with Crippen LogP contribution >= 0.6 is 22.9 Å². The number of nitrogens with one attached hydrogen (secondary N) is 2. The standard InChI is InChI=1S/C18H25ClN4O2S/c1-3-10-25-17-13(6-5-9-21-17)11-22-18(20-4-2)23-12-14(24)15-7-8-16(19)26-15/h5-9,14,24H,3-4,10-12H2,1-2H3,(H2,20,22,23). The van der Waals surface area contributed by atoms with Crippen LogP contribution in [-0.2, 0) is 6.54 Å². The molecule has 0 aliphatic rings. The number of guanidine groups is 1. The van der Waals surface area contributed by atoms with Gasteiger partial charge >= 0.3 is 0 Å². The Morgan fingerprint density at radius 1 is 1.35 bits per heavy atom. The Morgan fingerprint density at radius 3 is 2.88 bits per heavy atom. The van der Waals surface area contributed by atoms with E-state index < -0.39 is 6.10 Å². The van der Waals surface area contributed by atoms with E-state index in [2.05, 4.69) is 27.5 Å². The minimum absolute atomic E-state index is 0.342. The lowest BCUT2D eigenvalue weighted by Crippen LogP contribution is -2.39. The third-order valence-electron chi connectivity index (χ3n) is 3.43. The first-order valence-electron chi connectivity index (χ1n) is 8.66. The number of halogens is 1. The Kier molecular flexibility index (Phi) is 8.67. The highest BCUT2D eigenvalue weighted by atomic mass is 35.5. The van der Waals surface area contributed by atoms with Crippen molar-refractivity contribution in [1.29, 1.82) is 0 Å². The second-order valence-electron chi connectivity index (χ2n) is 5.55. The molecule has 0 aliphatic carbocycles. The number of hydrogen-bond donors (Lipinski definition) is 3. The van der Waals surface area contributed by atoms with E-state index >= 15 is 0 Å². The molecule has 0 spiro atoms. The first-order valence-corrected chi connectivity index (χ1v) is 9.85. The average Bonchev–Trinajstić information content (AvgIpc) is 3.09. The molecule has 2 aromatic heterocycles. The molecule has 8 heteroatoms. The molecule has 2 heterocycles. The monoisotopic (exact) mass is 396 g/mol. The second-order valence-corrected chi connectivity index (χ2v) is 7.30. The van der Waals surface area contributed by atoms with Crippen LogP contribution in [-0.4, -0.2) is 35.7 Å². The zero-order chi connectivity index (χ0) is 18.8. The van der Waals surface area contributed by atoms with Crippen molar-refractivity contribution in [3.8, 4) is 5.88 Å². The zero-order valence-electron chi connectivity index (χ0n) is 15.0. The van der Waals surface area contributed by atoms with E-state index in [0.717, 1.165) is 23.4 Å². The van der Waals surface area contributed by atoms with Crippen molar-refractivity contribution in [2.75, 3.05) is 19.7 Å². The lowest BCUT2D eigenvalue weighted by Gasteiger charge is -2.15. The minimum atomic E-state index is -0.641. The van der Waals surface area contributed by atoms with Gasteiger partial charge < -0.3 is 20.5 Å². The van der Waals surface area contributed by atoms with Gasteiger partial charge in [-0.2, -0.15) is 0 Å². The highest BCUT2D eigenvalue weighted by Crippen LogP contribution is 2.26. The topological polar surface area (TPSA) is 78.8 Å². The van der Waals surface area contributed by atoms with Crippen molar-refractivity contribution in [2.24, 2.45) is 4.99 Å². The Balaban J connectivity index is 1.98. The molecule has 0 aliphatic heterocycles. The molecular formula is C18H25ClN4O2S. The summed E-state index contributed by atoms with van der Waals surface area (Å²) in [6, 6.07) is 7.43. The van der Waals surface area contributed by atoms with Gasteiger partial charge in [-0.1, -0.05) is 24.6 Å². The summed E-state index contributed by atoms with van der Waals surface area (Å²) in [7, 11) is 0. The highest BCUT2D eigenvalue weighted by molar-refractivity contribution is 7.16. The summed E-state index contributed by atoms with van der Waals surface area (Å²) in [5.74, 6) is 1.24. The van der Waals surface area contributed by atoms with Gasteiger partial charge in [0, 0.05) is 29.7 Å². The molecule has 26 heavy (non-hydrogen) atoms. The van der Waals surface area contributed by atoms with Crippen LogP contribution < -0.4 is 15.4 Å². The smallest absolute Gasteiger partial charge is 0.218 e. The van der Waals surface area contributed by atoms with Gasteiger partial charge in [-0.15, -0.1) is 11.3 Å². The molecule has 0 aromatic carbocycles. The van der Waals surface area contributed by atoms with Crippen molar-refractivity contribution < 1.29 is 9.84 Å². The summed E-state index contributed by atoms with van der Waals surface area (Å²) in [5.41, 5.74) is 0.920. The number of aromatic nitrogens is 1. The summed E-state index contributed by atoms with van der Waals surface area (Å²) < 4.78 is 6.33. The number of aliphatic hydroxyl groups excluding tert-OH is 1. The maximum Gasteiger partial charge on any atom is 0.218 e. The lowest BCUT2D eigenvalue weighted by molar-refractivity contribution is 0.184.